The largest absolute Gasteiger partial charge is 0.495 e. The van der Waals surface area contributed by atoms with Gasteiger partial charge < -0.3 is 29.5 Å². The van der Waals surface area contributed by atoms with Crippen LogP contribution in [-0.4, -0.2) is 91.8 Å². The van der Waals surface area contributed by atoms with Gasteiger partial charge in [0.05, 0.1) is 44.4 Å². The van der Waals surface area contributed by atoms with Gasteiger partial charge in [0.25, 0.3) is 5.91 Å². The van der Waals surface area contributed by atoms with Crippen molar-refractivity contribution in [2.24, 2.45) is 0 Å². The Hall–Kier alpha value is -5.03. The number of halogens is 4. The van der Waals surface area contributed by atoms with Gasteiger partial charge in [-0.05, 0) is 43.2 Å². The van der Waals surface area contributed by atoms with Crippen molar-refractivity contribution < 1.29 is 51.3 Å². The van der Waals surface area contributed by atoms with Crippen molar-refractivity contribution in [2.45, 2.75) is 44.8 Å². The molecule has 2 N–H and O–H groups in total. The summed E-state index contributed by atoms with van der Waals surface area (Å²) in [5.41, 5.74) is 0.503. The van der Waals surface area contributed by atoms with Gasteiger partial charge in [-0.25, -0.2) is 23.9 Å². The number of nitrogens with zero attached hydrogens (tertiary/aromatic N) is 5. The number of rotatable bonds is 9. The van der Waals surface area contributed by atoms with E-state index in [1.54, 1.807) is 13.0 Å². The lowest BCUT2D eigenvalue weighted by Gasteiger charge is -2.38. The molecule has 3 atom stereocenters. The fourth-order valence-electron chi connectivity index (χ4n) is 5.68. The van der Waals surface area contributed by atoms with E-state index in [1.165, 1.54) is 56.6 Å². The Morgan fingerprint density at radius 2 is 1.94 bits per heavy atom. The van der Waals surface area contributed by atoms with Crippen LogP contribution >= 0.6 is 0 Å². The number of ether oxygens (including phenoxy) is 3. The number of nitrogens with one attached hydrogen (secondary N) is 1. The molecule has 13 nitrogen and oxygen atoms in total. The summed E-state index contributed by atoms with van der Waals surface area (Å²) in [6.45, 7) is 2.19. The van der Waals surface area contributed by atoms with Crippen molar-refractivity contribution >= 4 is 35.1 Å². The van der Waals surface area contributed by atoms with Crippen LogP contribution in [-0.2, 0) is 20.7 Å². The maximum atomic E-state index is 15.4. The number of anilines is 3. The van der Waals surface area contributed by atoms with Crippen molar-refractivity contribution in [3.05, 3.63) is 70.9 Å². The highest BCUT2D eigenvalue weighted by Gasteiger charge is 2.46. The fourth-order valence-corrected chi connectivity index (χ4v) is 5.68. The SMILES string of the molecule is CCOC(=O)[C@H](Cc1ccc(N2C(=O)N(C)c3cc(OC)cnc3C2O)nc1)NC(=O)c1c(C)cc(N2CCOC[C@@H]2C(F)(F)F)cc1F. The van der Waals surface area contributed by atoms with Crippen LogP contribution in [0.4, 0.5) is 39.5 Å². The molecule has 1 unspecified atom stereocenters. The van der Waals surface area contributed by atoms with Gasteiger partial charge in [0.15, 0.2) is 6.23 Å². The molecule has 0 aliphatic carbocycles. The van der Waals surface area contributed by atoms with E-state index < -0.39 is 60.4 Å². The van der Waals surface area contributed by atoms with E-state index in [2.05, 4.69) is 15.3 Å². The third kappa shape index (κ3) is 7.22. The third-order valence-electron chi connectivity index (χ3n) is 8.16. The Balaban J connectivity index is 1.35. The molecule has 0 saturated carbocycles. The average Bonchev–Trinajstić information content (AvgIpc) is 3.07. The van der Waals surface area contributed by atoms with E-state index in [9.17, 15) is 32.7 Å². The van der Waals surface area contributed by atoms with Gasteiger partial charge >= 0.3 is 18.2 Å². The van der Waals surface area contributed by atoms with Gasteiger partial charge in [-0.15, -0.1) is 0 Å². The molecule has 3 aromatic rings. The molecule has 0 radical (unpaired) electrons. The summed E-state index contributed by atoms with van der Waals surface area (Å²) < 4.78 is 71.6. The number of carbonyl (C=O) groups excluding carboxylic acids is 3. The monoisotopic (exact) mass is 690 g/mol. The van der Waals surface area contributed by atoms with Gasteiger partial charge in [0, 0.05) is 38.0 Å². The number of carbonyl (C=O) groups is 3. The van der Waals surface area contributed by atoms with Gasteiger partial charge in [-0.3, -0.25) is 14.7 Å². The van der Waals surface area contributed by atoms with E-state index in [0.29, 0.717) is 17.0 Å². The highest BCUT2D eigenvalue weighted by molar-refractivity contribution is 6.05. The number of pyridine rings is 2. The molecular weight excluding hydrogens is 656 g/mol. The first-order valence-electron chi connectivity index (χ1n) is 15.2. The molecular formula is C32H34F4N6O7. The molecule has 3 amide bonds. The Morgan fingerprint density at radius 1 is 1.18 bits per heavy atom. The lowest BCUT2D eigenvalue weighted by atomic mass is 10.0. The molecule has 17 heteroatoms. The van der Waals surface area contributed by atoms with E-state index >= 15 is 4.39 Å². The molecule has 1 saturated heterocycles. The Kier molecular flexibility index (Phi) is 10.2. The number of benzene rings is 1. The first kappa shape index (κ1) is 35.3. The number of methoxy groups -OCH3 is 1. The second-order valence-corrected chi connectivity index (χ2v) is 11.3. The van der Waals surface area contributed by atoms with Crippen LogP contribution in [0.25, 0.3) is 0 Å². The molecule has 4 heterocycles. The number of urea groups is 1. The second kappa shape index (κ2) is 14.2. The van der Waals surface area contributed by atoms with Crippen LogP contribution in [0, 0.1) is 12.7 Å². The molecule has 262 valence electrons. The number of aryl methyl sites for hydroxylation is 1. The molecule has 49 heavy (non-hydrogen) atoms. The highest BCUT2D eigenvalue weighted by Crippen LogP contribution is 2.37. The number of morpholine rings is 1. The zero-order chi connectivity index (χ0) is 35.6. The summed E-state index contributed by atoms with van der Waals surface area (Å²) in [5, 5.41) is 13.5. The predicted molar refractivity (Wildman–Crippen MR) is 167 cm³/mol. The first-order valence-corrected chi connectivity index (χ1v) is 15.2. The van der Waals surface area contributed by atoms with Crippen LogP contribution in [0.3, 0.4) is 0 Å². The first-order chi connectivity index (χ1) is 23.2. The highest BCUT2D eigenvalue weighted by atomic mass is 19.4. The van der Waals surface area contributed by atoms with Gasteiger partial charge in [-0.2, -0.15) is 13.2 Å². The molecule has 2 aliphatic rings. The molecule has 0 spiro atoms. The normalized spacial score (nSPS) is 18.6. The molecule has 2 aliphatic heterocycles. The summed E-state index contributed by atoms with van der Waals surface area (Å²) in [7, 11) is 2.95. The zero-order valence-corrected chi connectivity index (χ0v) is 27.0. The number of aliphatic hydroxyl groups excluding tert-OH is 1. The van der Waals surface area contributed by atoms with Gasteiger partial charge in [0.2, 0.25) is 0 Å². The summed E-state index contributed by atoms with van der Waals surface area (Å²) in [6, 6.07) is 2.76. The van der Waals surface area contributed by atoms with E-state index in [0.717, 1.165) is 15.9 Å². The maximum absolute atomic E-state index is 15.4. The van der Waals surface area contributed by atoms with Crippen LogP contribution in [0.5, 0.6) is 5.75 Å². The lowest BCUT2D eigenvalue weighted by molar-refractivity contribution is -0.167. The standard InChI is InChI=1S/C32H34F4N6O7/c1-5-49-30(45)22(39-28(43)26-17(2)10-19(12-21(26)33)41-8-9-48-16-24(41)32(34,35)36)11-18-6-7-25(37-14-18)42-29(44)27-23(40(3)31(42)46)13-20(47-4)15-38-27/h6-7,10,12-15,22,24,29,44H,5,8-9,11,16H2,1-4H3,(H,39,43)/t22-,24+,29?/m0/s1. The van der Waals surface area contributed by atoms with Gasteiger partial charge in [0.1, 0.15) is 35.2 Å². The smallest absolute Gasteiger partial charge is 0.411 e. The zero-order valence-electron chi connectivity index (χ0n) is 27.0. The van der Waals surface area contributed by atoms with Crippen molar-refractivity contribution in [3.63, 3.8) is 0 Å². The summed E-state index contributed by atoms with van der Waals surface area (Å²) in [5.74, 6) is -2.41. The predicted octanol–water partition coefficient (Wildman–Crippen LogP) is 3.67. The van der Waals surface area contributed by atoms with Crippen molar-refractivity contribution in [2.75, 3.05) is 55.2 Å². The van der Waals surface area contributed by atoms with E-state index in [-0.39, 0.29) is 48.9 Å². The fraction of sp³-hybridized carbons (Fsp3) is 0.406. The van der Waals surface area contributed by atoms with Crippen molar-refractivity contribution in [3.8, 4) is 5.75 Å². The second-order valence-electron chi connectivity index (χ2n) is 11.3. The average molecular weight is 691 g/mol. The minimum absolute atomic E-state index is 0.0132. The summed E-state index contributed by atoms with van der Waals surface area (Å²) in [6.07, 6.45) is -3.51. The summed E-state index contributed by atoms with van der Waals surface area (Å²) in [4.78, 5) is 51.2. The third-order valence-corrected chi connectivity index (χ3v) is 8.16. The van der Waals surface area contributed by atoms with E-state index in [1.807, 2.05) is 0 Å². The molecule has 5 rings (SSSR count). The molecule has 0 bridgehead atoms. The van der Waals surface area contributed by atoms with Crippen LogP contribution in [0.2, 0.25) is 0 Å². The molecule has 1 aromatic carbocycles. The van der Waals surface area contributed by atoms with Crippen LogP contribution in [0.15, 0.2) is 42.7 Å². The lowest BCUT2D eigenvalue weighted by Crippen LogP contribution is -2.53. The van der Waals surface area contributed by atoms with Crippen LogP contribution in [0.1, 0.15) is 40.3 Å². The molecule has 2 aromatic heterocycles. The number of hydrogen-bond donors (Lipinski definition) is 2. The number of fused-ring (bicyclic) bond motifs is 1. The number of hydrogen-bond acceptors (Lipinski definition) is 10. The number of aromatic nitrogens is 2. The number of esters is 1. The minimum atomic E-state index is -4.63. The number of alkyl halides is 3. The Bertz CT molecular complexity index is 1700. The molecule has 1 fully saturated rings. The quantitative estimate of drug-likeness (QED) is 0.252. The van der Waals surface area contributed by atoms with E-state index in [4.69, 9.17) is 14.2 Å². The van der Waals surface area contributed by atoms with Crippen molar-refractivity contribution in [1.82, 2.24) is 15.3 Å². The van der Waals surface area contributed by atoms with Gasteiger partial charge in [-0.1, -0.05) is 6.07 Å². The Morgan fingerprint density at radius 3 is 2.57 bits per heavy atom. The summed E-state index contributed by atoms with van der Waals surface area (Å²) >= 11 is 0. The number of aliphatic hydroxyl groups is 1. The van der Waals surface area contributed by atoms with Crippen molar-refractivity contribution in [1.29, 1.82) is 0 Å². The Labute approximate surface area is 278 Å². The minimum Gasteiger partial charge on any atom is -0.495 e. The number of amides is 3. The maximum Gasteiger partial charge on any atom is 0.411 e. The van der Waals surface area contributed by atoms with Crippen LogP contribution < -0.4 is 24.8 Å². The topological polar surface area (TPSA) is 147 Å².